The summed E-state index contributed by atoms with van der Waals surface area (Å²) in [6.45, 7) is 2.61. The number of phenols is 1. The lowest BCUT2D eigenvalue weighted by molar-refractivity contribution is -0.136. The van der Waals surface area contributed by atoms with Gasteiger partial charge in [0.25, 0.3) is 5.91 Å². The van der Waals surface area contributed by atoms with Crippen molar-refractivity contribution in [2.75, 3.05) is 20.2 Å². The number of nitrogens with two attached hydrogens (primary N) is 5. The Morgan fingerprint density at radius 2 is 0.935 bits per heavy atom. The molecule has 0 spiro atoms. The van der Waals surface area contributed by atoms with Crippen molar-refractivity contribution in [3.8, 4) is 5.75 Å². The molecule has 496 valence electrons. The smallest absolute Gasteiger partial charge is 0.334 e. The Labute approximate surface area is 529 Å². The predicted octanol–water partition coefficient (Wildman–Crippen LogP) is -4.93. The number of rotatable bonds is 36. The zero-order chi connectivity index (χ0) is 67.9. The Balaban J connectivity index is 1.50. The van der Waals surface area contributed by atoms with Gasteiger partial charge in [0.05, 0.1) is 25.5 Å². The van der Waals surface area contributed by atoms with Crippen LogP contribution < -0.4 is 87.4 Å². The Kier molecular flexibility index (Phi) is 30.4. The van der Waals surface area contributed by atoms with Crippen molar-refractivity contribution in [3.05, 3.63) is 132 Å². The minimum atomic E-state index is -1.91. The molecule has 0 aliphatic rings. The first-order valence-electron chi connectivity index (χ1n) is 29.2. The van der Waals surface area contributed by atoms with E-state index in [1.165, 1.54) is 55.8 Å². The van der Waals surface area contributed by atoms with Gasteiger partial charge in [-0.3, -0.25) is 68.1 Å². The van der Waals surface area contributed by atoms with E-state index in [1.807, 2.05) is 0 Å². The van der Waals surface area contributed by atoms with Gasteiger partial charge in [-0.15, -0.1) is 0 Å². The number of aromatic nitrogens is 1. The summed E-state index contributed by atoms with van der Waals surface area (Å²) in [5.74, 6) is -11.4. The van der Waals surface area contributed by atoms with Crippen LogP contribution in [0.1, 0.15) is 68.2 Å². The molecule has 0 unspecified atom stereocenters. The first kappa shape index (κ1) is 73.7. The number of urea groups is 1. The molecular formula is C60H82N18O14. The zero-order valence-electron chi connectivity index (χ0n) is 51.0. The second-order valence-electron chi connectivity index (χ2n) is 21.7. The summed E-state index contributed by atoms with van der Waals surface area (Å²) in [5.41, 5.74) is 34.9. The van der Waals surface area contributed by atoms with Crippen LogP contribution in [0.15, 0.2) is 114 Å². The van der Waals surface area contributed by atoms with Gasteiger partial charge in [-0.1, -0.05) is 92.7 Å². The number of aliphatic hydroxyl groups excluding tert-OH is 1. The van der Waals surface area contributed by atoms with Gasteiger partial charge in [-0.2, -0.15) is 0 Å². The molecule has 0 saturated carbocycles. The highest BCUT2D eigenvalue weighted by atomic mass is 16.3. The third-order valence-corrected chi connectivity index (χ3v) is 13.8. The summed E-state index contributed by atoms with van der Waals surface area (Å²) in [7, 11) is 1.47. The van der Waals surface area contributed by atoms with Gasteiger partial charge in [0.15, 0.2) is 5.96 Å². The molecule has 32 nitrogen and oxygen atoms in total. The van der Waals surface area contributed by atoms with Crippen LogP contribution in [0.3, 0.4) is 0 Å². The highest BCUT2D eigenvalue weighted by molar-refractivity contribution is 5.99. The molecule has 0 aliphatic heterocycles. The number of nitrogens with zero attached hydrogens (tertiary/aromatic N) is 2. The van der Waals surface area contributed by atoms with Crippen LogP contribution in [0.2, 0.25) is 0 Å². The second-order valence-corrected chi connectivity index (χ2v) is 21.7. The van der Waals surface area contributed by atoms with E-state index in [-0.39, 0.29) is 69.1 Å². The molecule has 3 aromatic carbocycles. The summed E-state index contributed by atoms with van der Waals surface area (Å²) < 4.78 is 0. The van der Waals surface area contributed by atoms with E-state index in [2.05, 4.69) is 68.7 Å². The molecule has 4 rings (SSSR count). The number of benzene rings is 3. The average Bonchev–Trinajstić information content (AvgIpc) is 1.60. The van der Waals surface area contributed by atoms with Crippen molar-refractivity contribution in [1.29, 1.82) is 0 Å². The maximum atomic E-state index is 14.2. The molecule has 4 aromatic rings. The van der Waals surface area contributed by atoms with Crippen molar-refractivity contribution >= 4 is 77.0 Å². The van der Waals surface area contributed by atoms with Crippen LogP contribution in [0.5, 0.6) is 5.75 Å². The van der Waals surface area contributed by atoms with Crippen LogP contribution >= 0.6 is 0 Å². The summed E-state index contributed by atoms with van der Waals surface area (Å²) in [6, 6.07) is 10.8. The fraction of sp³-hybridized carbons (Fsp3) is 0.400. The SMILES string of the molecule is CN=C(N)NCCC[C@H](NC(=O)[C@H](CC(C)C)NC(=O)NNC(=O)[C@H](Cc1ccccc1)NC(=O)[C@H](CO)NC(=O)[C@H](CC(N)=O)NC(=O)[C@H](Cc1cccnc1)NC(=O)[C@H](CC(N)=O)NC(=O)[C@H](N)Cc1ccc(O)cc1)C(=O)N[C@@H](Cc1ccccc1)C(N)=O. The molecule has 1 aromatic heterocycles. The fourth-order valence-corrected chi connectivity index (χ4v) is 8.98. The molecule has 32 heteroatoms. The molecule has 0 aliphatic carbocycles. The van der Waals surface area contributed by atoms with E-state index >= 15 is 0 Å². The number of aromatic hydroxyl groups is 1. The molecule has 1 heterocycles. The second kappa shape index (κ2) is 37.9. The van der Waals surface area contributed by atoms with Crippen molar-refractivity contribution in [3.63, 3.8) is 0 Å². The molecule has 0 bridgehead atoms. The minimum Gasteiger partial charge on any atom is -0.508 e. The summed E-state index contributed by atoms with van der Waals surface area (Å²) >= 11 is 0. The van der Waals surface area contributed by atoms with Crippen LogP contribution in [-0.4, -0.2) is 167 Å². The molecule has 0 saturated heterocycles. The molecule has 92 heavy (non-hydrogen) atoms. The quantitative estimate of drug-likeness (QED) is 0.00878. The van der Waals surface area contributed by atoms with Crippen molar-refractivity contribution in [2.24, 2.45) is 39.6 Å². The Morgan fingerprint density at radius 3 is 1.46 bits per heavy atom. The molecule has 23 N–H and O–H groups in total. The van der Waals surface area contributed by atoms with Gasteiger partial charge >= 0.3 is 6.03 Å². The van der Waals surface area contributed by atoms with Crippen LogP contribution in [-0.2, 0) is 78.4 Å². The number of carbonyl (C=O) groups excluding carboxylic acids is 12. The molecule has 0 fully saturated rings. The number of carbonyl (C=O) groups is 12. The zero-order valence-corrected chi connectivity index (χ0v) is 51.0. The summed E-state index contributed by atoms with van der Waals surface area (Å²) in [4.78, 5) is 170. The lowest BCUT2D eigenvalue weighted by Gasteiger charge is -2.27. The topological polar surface area (TPSA) is 533 Å². The van der Waals surface area contributed by atoms with E-state index in [4.69, 9.17) is 28.7 Å². The number of aliphatic imine (C=N–C) groups is 1. The lowest BCUT2D eigenvalue weighted by atomic mass is 10.0. The van der Waals surface area contributed by atoms with E-state index in [1.54, 1.807) is 74.5 Å². The Hall–Kier alpha value is -10.8. The molecule has 13 amide bonds. The average molecular weight is 1280 g/mol. The Morgan fingerprint density at radius 1 is 0.489 bits per heavy atom. The number of hydrazine groups is 1. The van der Waals surface area contributed by atoms with Crippen molar-refractivity contribution in [2.45, 2.75) is 126 Å². The van der Waals surface area contributed by atoms with Gasteiger partial charge in [0.2, 0.25) is 59.1 Å². The summed E-state index contributed by atoms with van der Waals surface area (Å²) in [6.07, 6.45) is 0.768. The van der Waals surface area contributed by atoms with E-state index in [9.17, 15) is 67.7 Å². The Bertz CT molecular complexity index is 3180. The number of phenolic OH excluding ortho intramolecular Hbond substituents is 1. The maximum Gasteiger partial charge on any atom is 0.334 e. The number of hydrogen-bond acceptors (Lipinski definition) is 17. The first-order chi connectivity index (χ1) is 43.7. The first-order valence-corrected chi connectivity index (χ1v) is 29.2. The highest BCUT2D eigenvalue weighted by Crippen LogP contribution is 2.13. The maximum absolute atomic E-state index is 14.2. The predicted molar refractivity (Wildman–Crippen MR) is 333 cm³/mol. The third-order valence-electron chi connectivity index (χ3n) is 13.8. The summed E-state index contributed by atoms with van der Waals surface area (Å²) in [5, 5.41) is 42.5. The monoisotopic (exact) mass is 1280 g/mol. The molecular weight excluding hydrogens is 1200 g/mol. The van der Waals surface area contributed by atoms with Crippen LogP contribution in [0.25, 0.3) is 0 Å². The van der Waals surface area contributed by atoms with Gasteiger partial charge in [0, 0.05) is 45.2 Å². The van der Waals surface area contributed by atoms with E-state index in [0.29, 0.717) is 22.3 Å². The van der Waals surface area contributed by atoms with Gasteiger partial charge in [-0.25, -0.2) is 10.2 Å². The lowest BCUT2D eigenvalue weighted by Crippen LogP contribution is -2.62. The number of aliphatic hydroxyl groups is 1. The fourth-order valence-electron chi connectivity index (χ4n) is 8.98. The third kappa shape index (κ3) is 26.5. The van der Waals surface area contributed by atoms with Crippen LogP contribution in [0, 0.1) is 5.92 Å². The molecule has 9 atom stereocenters. The van der Waals surface area contributed by atoms with Gasteiger partial charge < -0.3 is 86.7 Å². The highest BCUT2D eigenvalue weighted by Gasteiger charge is 2.35. The van der Waals surface area contributed by atoms with Crippen LogP contribution in [0.4, 0.5) is 4.79 Å². The number of guanidine groups is 1. The largest absolute Gasteiger partial charge is 0.508 e. The van der Waals surface area contributed by atoms with Gasteiger partial charge in [0.1, 0.15) is 54.1 Å². The number of pyridine rings is 1. The number of hydrogen-bond donors (Lipinski definition) is 18. The number of primary amides is 3. The standard InChI is InChI=1S/C60H82N18O14/c1-33(2)24-42(53(86)69-40(17-11-23-68-59(65)66-3)52(85)70-41(50(64)83)26-34-12-6-4-7-13-34)76-60(92)78-77-58(91)44(27-35-14-8-5-9-15-35)73-57(90)47(32-79)75-56(89)46(30-49(63)82)74-54(87)43(28-37-16-10-22-67-31-37)72-55(88)45(29-48(62)81)71-51(84)39(61)25-36-18-20-38(80)21-19-36/h4-10,12-16,18-22,31,33,39-47,79-80H,11,17,23-30,32,61H2,1-3H3,(H2,62,81)(H2,63,82)(H2,64,83)(H,69,86)(H,70,85)(H,71,84)(H,72,88)(H,73,90)(H,74,87)(H,75,89)(H,77,91)(H3,65,66,68)(H2,76,78,92)/t39-,40+,41+,42+,43+,44+,45+,46+,47+/m1/s1. The minimum absolute atomic E-state index is 0.0128. The van der Waals surface area contributed by atoms with Crippen molar-refractivity contribution < 1.29 is 67.7 Å². The normalized spacial score (nSPS) is 14.0. The number of amides is 13. The van der Waals surface area contributed by atoms with Crippen molar-refractivity contribution in [1.82, 2.24) is 63.7 Å². The van der Waals surface area contributed by atoms with Gasteiger partial charge in [-0.05, 0) is 72.1 Å². The van der Waals surface area contributed by atoms with E-state index in [0.717, 1.165) is 0 Å². The van der Waals surface area contributed by atoms with E-state index < -0.39 is 145 Å². The number of nitrogens with one attached hydrogen (secondary N) is 11. The molecule has 0 radical (unpaired) electrons.